The highest BCUT2D eigenvalue weighted by Crippen LogP contribution is 2.56. The van der Waals surface area contributed by atoms with Crippen molar-refractivity contribution < 1.29 is 22.5 Å². The van der Waals surface area contributed by atoms with Crippen molar-refractivity contribution >= 4 is 33.4 Å². The Hall–Kier alpha value is -2.40. The Kier molecular flexibility index (Phi) is 4.89. The van der Waals surface area contributed by atoms with Gasteiger partial charge in [-0.2, -0.15) is 10.1 Å². The number of carbonyl (C=O) groups excluding carboxylic acids is 1. The summed E-state index contributed by atoms with van der Waals surface area (Å²) in [5, 5.41) is 8.11. The van der Waals surface area contributed by atoms with E-state index >= 15 is 0 Å². The summed E-state index contributed by atoms with van der Waals surface area (Å²) in [6.45, 7) is -0.511. The van der Waals surface area contributed by atoms with Gasteiger partial charge in [-0.3, -0.25) is 9.48 Å². The van der Waals surface area contributed by atoms with Crippen molar-refractivity contribution in [1.82, 2.24) is 19.9 Å². The average Bonchev–Trinajstić information content (AvgIpc) is 3.06. The average molecular weight is 491 g/mol. The number of aromatic nitrogens is 4. The minimum absolute atomic E-state index is 0.0135. The summed E-state index contributed by atoms with van der Waals surface area (Å²) >= 11 is 9.56. The Bertz CT molecular complexity index is 1090. The van der Waals surface area contributed by atoms with Gasteiger partial charge in [0.2, 0.25) is 5.91 Å². The van der Waals surface area contributed by atoms with Gasteiger partial charge in [-0.15, -0.1) is 0 Å². The third-order valence-electron chi connectivity index (χ3n) is 4.65. The molecule has 0 aliphatic heterocycles. The fraction of sp³-hybridized carbons (Fsp3) is 0.294. The molecule has 0 bridgehead atoms. The second-order valence-corrected chi connectivity index (χ2v) is 7.89. The first kappa shape index (κ1) is 19.9. The van der Waals surface area contributed by atoms with E-state index in [0.717, 1.165) is 10.7 Å². The lowest BCUT2D eigenvalue weighted by atomic mass is 9.95. The smallest absolute Gasteiger partial charge is 0.280 e. The van der Waals surface area contributed by atoms with E-state index in [0.29, 0.717) is 22.9 Å². The number of nitrogens with two attached hydrogens (primary N) is 1. The van der Waals surface area contributed by atoms with Gasteiger partial charge in [-0.25, -0.2) is 13.2 Å². The lowest BCUT2D eigenvalue weighted by Crippen LogP contribution is -2.21. The Morgan fingerprint density at radius 3 is 2.69 bits per heavy atom. The molecule has 1 aliphatic carbocycles. The van der Waals surface area contributed by atoms with Crippen molar-refractivity contribution in [2.24, 2.45) is 5.73 Å². The van der Waals surface area contributed by atoms with Crippen LogP contribution in [0.3, 0.4) is 0 Å². The van der Waals surface area contributed by atoms with E-state index in [1.807, 2.05) is 0 Å². The standard InChI is InChI=1S/C17H12BrClF3N5O2/c18-8-3-7(20)4-9(19)13(8)17(1-2-17)16-24-15(29-26-16)10-5-11(14(21)22)27(25-10)6-12(23)28/h3-5,14H,1-2,6H2,(H2,23,28). The van der Waals surface area contributed by atoms with Crippen molar-refractivity contribution in [3.05, 3.63) is 50.6 Å². The summed E-state index contributed by atoms with van der Waals surface area (Å²) in [7, 11) is 0. The van der Waals surface area contributed by atoms with E-state index in [4.69, 9.17) is 21.9 Å². The number of hydrogen-bond donors (Lipinski definition) is 1. The molecule has 7 nitrogen and oxygen atoms in total. The number of rotatable bonds is 6. The predicted octanol–water partition coefficient (Wildman–Crippen LogP) is 3.99. The van der Waals surface area contributed by atoms with Crippen LogP contribution in [0.4, 0.5) is 13.2 Å². The zero-order valence-electron chi connectivity index (χ0n) is 14.5. The van der Waals surface area contributed by atoms with E-state index in [-0.39, 0.29) is 22.4 Å². The second kappa shape index (κ2) is 7.13. The van der Waals surface area contributed by atoms with Crippen LogP contribution in [0.1, 0.15) is 36.3 Å². The number of amides is 1. The summed E-state index contributed by atoms with van der Waals surface area (Å²) in [5.41, 5.74) is 4.52. The maximum Gasteiger partial charge on any atom is 0.280 e. The lowest BCUT2D eigenvalue weighted by Gasteiger charge is -2.15. The van der Waals surface area contributed by atoms with Gasteiger partial charge in [0.15, 0.2) is 11.5 Å². The third-order valence-corrected chi connectivity index (χ3v) is 5.57. The molecule has 2 heterocycles. The molecule has 152 valence electrons. The van der Waals surface area contributed by atoms with E-state index in [9.17, 15) is 18.0 Å². The second-order valence-electron chi connectivity index (χ2n) is 6.63. The van der Waals surface area contributed by atoms with Gasteiger partial charge in [0, 0.05) is 9.50 Å². The van der Waals surface area contributed by atoms with Crippen molar-refractivity contribution in [3.8, 4) is 11.6 Å². The first-order valence-electron chi connectivity index (χ1n) is 8.35. The molecular formula is C17H12BrClF3N5O2. The molecule has 2 N–H and O–H groups in total. The van der Waals surface area contributed by atoms with Gasteiger partial charge in [-0.1, -0.05) is 32.7 Å². The van der Waals surface area contributed by atoms with Crippen molar-refractivity contribution in [3.63, 3.8) is 0 Å². The van der Waals surface area contributed by atoms with Crippen LogP contribution in [0.2, 0.25) is 5.02 Å². The lowest BCUT2D eigenvalue weighted by molar-refractivity contribution is -0.118. The molecule has 3 aromatic rings. The van der Waals surface area contributed by atoms with E-state index in [1.54, 1.807) is 0 Å². The van der Waals surface area contributed by atoms with Crippen molar-refractivity contribution in [2.75, 3.05) is 0 Å². The van der Waals surface area contributed by atoms with E-state index in [1.165, 1.54) is 12.1 Å². The van der Waals surface area contributed by atoms with Gasteiger partial charge in [0.1, 0.15) is 18.1 Å². The number of halogens is 5. The zero-order valence-corrected chi connectivity index (χ0v) is 16.8. The summed E-state index contributed by atoms with van der Waals surface area (Å²) in [6.07, 6.45) is -1.58. The molecular weight excluding hydrogens is 479 g/mol. The monoisotopic (exact) mass is 489 g/mol. The van der Waals surface area contributed by atoms with Gasteiger partial charge >= 0.3 is 0 Å². The minimum atomic E-state index is -2.87. The van der Waals surface area contributed by atoms with Crippen LogP contribution in [-0.4, -0.2) is 25.8 Å². The number of alkyl halides is 2. The van der Waals surface area contributed by atoms with Crippen LogP contribution in [0.15, 0.2) is 27.2 Å². The predicted molar refractivity (Wildman–Crippen MR) is 98.8 cm³/mol. The molecule has 29 heavy (non-hydrogen) atoms. The summed E-state index contributed by atoms with van der Waals surface area (Å²) < 4.78 is 46.5. The maximum absolute atomic E-state index is 13.6. The van der Waals surface area contributed by atoms with Gasteiger partial charge in [-0.05, 0) is 36.6 Å². The molecule has 0 spiro atoms. The quantitative estimate of drug-likeness (QED) is 0.563. The fourth-order valence-corrected chi connectivity index (χ4v) is 4.53. The zero-order chi connectivity index (χ0) is 20.9. The number of benzene rings is 1. The number of hydrogen-bond acceptors (Lipinski definition) is 5. The number of primary amides is 1. The minimum Gasteiger partial charge on any atom is -0.368 e. The van der Waals surface area contributed by atoms with Crippen molar-refractivity contribution in [2.45, 2.75) is 31.2 Å². The molecule has 0 unspecified atom stereocenters. The normalized spacial score (nSPS) is 15.1. The number of carbonyl (C=O) groups is 1. The molecule has 0 atom stereocenters. The SMILES string of the molecule is NC(=O)Cn1nc(-c2nc(C3(c4c(Cl)cc(F)cc4Br)CC3)no2)cc1C(F)F. The van der Waals surface area contributed by atoms with Crippen LogP contribution in [-0.2, 0) is 16.8 Å². The first-order valence-corrected chi connectivity index (χ1v) is 9.52. The summed E-state index contributed by atoms with van der Waals surface area (Å²) in [6, 6.07) is 3.55. The highest BCUT2D eigenvalue weighted by atomic mass is 79.9. The molecule has 0 radical (unpaired) electrons. The van der Waals surface area contributed by atoms with Crippen LogP contribution < -0.4 is 5.73 Å². The largest absolute Gasteiger partial charge is 0.368 e. The van der Waals surface area contributed by atoms with Crippen molar-refractivity contribution in [1.29, 1.82) is 0 Å². The summed E-state index contributed by atoms with van der Waals surface area (Å²) in [5.74, 6) is -1.12. The number of nitrogens with zero attached hydrogens (tertiary/aromatic N) is 4. The van der Waals surface area contributed by atoms with Gasteiger partial charge < -0.3 is 10.3 Å². The Morgan fingerprint density at radius 2 is 2.10 bits per heavy atom. The topological polar surface area (TPSA) is 99.8 Å². The molecule has 0 saturated heterocycles. The summed E-state index contributed by atoms with van der Waals surface area (Å²) in [4.78, 5) is 15.4. The highest BCUT2D eigenvalue weighted by molar-refractivity contribution is 9.10. The molecule has 1 amide bonds. The maximum atomic E-state index is 13.6. The van der Waals surface area contributed by atoms with E-state index < -0.39 is 35.8 Å². The Morgan fingerprint density at radius 1 is 1.38 bits per heavy atom. The van der Waals surface area contributed by atoms with Crippen LogP contribution in [0, 0.1) is 5.82 Å². The highest BCUT2D eigenvalue weighted by Gasteiger charge is 2.52. The Balaban J connectivity index is 1.72. The molecule has 4 rings (SSSR count). The molecule has 2 aromatic heterocycles. The van der Waals surface area contributed by atoms with E-state index in [2.05, 4.69) is 31.2 Å². The molecule has 1 aromatic carbocycles. The molecule has 12 heteroatoms. The van der Waals surface area contributed by atoms with Crippen LogP contribution in [0.5, 0.6) is 0 Å². The van der Waals surface area contributed by atoms with Gasteiger partial charge in [0.25, 0.3) is 12.3 Å². The fourth-order valence-electron chi connectivity index (χ4n) is 3.22. The van der Waals surface area contributed by atoms with Crippen LogP contribution in [0.25, 0.3) is 11.6 Å². The van der Waals surface area contributed by atoms with Gasteiger partial charge in [0.05, 0.1) is 5.41 Å². The third kappa shape index (κ3) is 3.52. The molecule has 1 fully saturated rings. The first-order chi connectivity index (χ1) is 13.7. The molecule has 1 saturated carbocycles. The molecule has 1 aliphatic rings. The van der Waals surface area contributed by atoms with Crippen LogP contribution >= 0.6 is 27.5 Å². The Labute approximate surface area is 175 Å².